The highest BCUT2D eigenvalue weighted by Gasteiger charge is 1.98. The summed E-state index contributed by atoms with van der Waals surface area (Å²) < 4.78 is 12.6. The molecule has 0 amide bonds. The summed E-state index contributed by atoms with van der Waals surface area (Å²) in [7, 11) is 0. The maximum atomic E-state index is 12.6. The second-order valence-corrected chi connectivity index (χ2v) is 3.24. The zero-order valence-electron chi connectivity index (χ0n) is 8.60. The van der Waals surface area contributed by atoms with Gasteiger partial charge in [-0.3, -0.25) is 0 Å². The topological polar surface area (TPSA) is 50.7 Å². The number of hydrogen-bond donors (Lipinski definition) is 1. The van der Waals surface area contributed by atoms with E-state index < -0.39 is 6.08 Å². The van der Waals surface area contributed by atoms with Crippen molar-refractivity contribution >= 4 is 5.95 Å². The molecule has 0 atom stereocenters. The predicted octanol–water partition coefficient (Wildman–Crippen LogP) is 1.67. The van der Waals surface area contributed by atoms with E-state index in [0.717, 1.165) is 12.7 Å². The van der Waals surface area contributed by atoms with Gasteiger partial charge in [-0.2, -0.15) is 14.4 Å². The van der Waals surface area contributed by atoms with E-state index in [1.165, 1.54) is 5.56 Å². The Hall–Kier alpha value is -2.04. The van der Waals surface area contributed by atoms with Crippen LogP contribution in [0.3, 0.4) is 0 Å². The van der Waals surface area contributed by atoms with Crippen LogP contribution in [0.25, 0.3) is 0 Å². The summed E-state index contributed by atoms with van der Waals surface area (Å²) in [5.74, 6) is 0.267. The fourth-order valence-electron chi connectivity index (χ4n) is 1.32. The Bertz CT molecular complexity index is 447. The lowest BCUT2D eigenvalue weighted by Gasteiger charge is -2.03. The average Bonchev–Trinajstić information content (AvgIpc) is 2.30. The molecule has 2 rings (SSSR count). The van der Waals surface area contributed by atoms with E-state index in [1.54, 1.807) is 0 Å². The van der Waals surface area contributed by atoms with Crippen LogP contribution in [0.1, 0.15) is 5.56 Å². The van der Waals surface area contributed by atoms with Crippen LogP contribution in [0.5, 0.6) is 0 Å². The van der Waals surface area contributed by atoms with E-state index >= 15 is 0 Å². The molecular formula is C11H11FN4. The van der Waals surface area contributed by atoms with Crippen molar-refractivity contribution in [3.63, 3.8) is 0 Å². The summed E-state index contributed by atoms with van der Waals surface area (Å²) >= 11 is 0. The first-order chi connectivity index (χ1) is 7.84. The van der Waals surface area contributed by atoms with Gasteiger partial charge in [-0.05, 0) is 12.0 Å². The van der Waals surface area contributed by atoms with Crippen molar-refractivity contribution in [1.82, 2.24) is 15.0 Å². The van der Waals surface area contributed by atoms with Crippen LogP contribution in [-0.4, -0.2) is 21.5 Å². The lowest BCUT2D eigenvalue weighted by molar-refractivity contribution is 0.534. The van der Waals surface area contributed by atoms with Gasteiger partial charge in [-0.25, -0.2) is 4.98 Å². The third-order valence-electron chi connectivity index (χ3n) is 2.08. The van der Waals surface area contributed by atoms with Gasteiger partial charge in [0.25, 0.3) is 0 Å². The highest BCUT2D eigenvalue weighted by molar-refractivity contribution is 5.22. The SMILES string of the molecule is Fc1ncnc(NCCc2ccccc2)n1. The van der Waals surface area contributed by atoms with E-state index in [0.29, 0.717) is 6.54 Å². The Morgan fingerprint density at radius 3 is 2.69 bits per heavy atom. The molecule has 0 saturated carbocycles. The second-order valence-electron chi connectivity index (χ2n) is 3.24. The van der Waals surface area contributed by atoms with Crippen molar-refractivity contribution in [2.24, 2.45) is 0 Å². The monoisotopic (exact) mass is 218 g/mol. The molecule has 4 nitrogen and oxygen atoms in total. The lowest BCUT2D eigenvalue weighted by Crippen LogP contribution is -2.09. The molecule has 0 unspecified atom stereocenters. The maximum absolute atomic E-state index is 12.6. The third kappa shape index (κ3) is 2.98. The molecule has 1 N–H and O–H groups in total. The zero-order chi connectivity index (χ0) is 11.2. The first kappa shape index (κ1) is 10.5. The summed E-state index contributed by atoms with van der Waals surface area (Å²) in [5.41, 5.74) is 1.21. The van der Waals surface area contributed by atoms with Crippen LogP contribution in [0.2, 0.25) is 0 Å². The summed E-state index contributed by atoms with van der Waals surface area (Å²) in [4.78, 5) is 10.6. The molecule has 16 heavy (non-hydrogen) atoms. The Labute approximate surface area is 92.6 Å². The molecule has 0 aliphatic carbocycles. The Morgan fingerprint density at radius 1 is 1.12 bits per heavy atom. The molecule has 5 heteroatoms. The Balaban J connectivity index is 1.85. The first-order valence-electron chi connectivity index (χ1n) is 4.97. The zero-order valence-corrected chi connectivity index (χ0v) is 8.60. The minimum atomic E-state index is -0.766. The molecule has 0 aliphatic heterocycles. The van der Waals surface area contributed by atoms with Crippen molar-refractivity contribution in [3.8, 4) is 0 Å². The summed E-state index contributed by atoms with van der Waals surface area (Å²) in [5, 5.41) is 2.93. The van der Waals surface area contributed by atoms with Gasteiger partial charge < -0.3 is 5.32 Å². The van der Waals surface area contributed by atoms with Gasteiger partial charge in [-0.15, -0.1) is 0 Å². The molecule has 0 bridgehead atoms. The summed E-state index contributed by atoms with van der Waals surface area (Å²) in [6.07, 6.45) is 1.22. The van der Waals surface area contributed by atoms with E-state index in [-0.39, 0.29) is 5.95 Å². The number of aromatic nitrogens is 3. The molecule has 0 radical (unpaired) electrons. The highest BCUT2D eigenvalue weighted by Crippen LogP contribution is 2.01. The van der Waals surface area contributed by atoms with E-state index in [9.17, 15) is 4.39 Å². The largest absolute Gasteiger partial charge is 0.354 e. The number of hydrogen-bond acceptors (Lipinski definition) is 4. The van der Waals surface area contributed by atoms with Crippen LogP contribution < -0.4 is 5.32 Å². The summed E-state index contributed by atoms with van der Waals surface area (Å²) in [6, 6.07) is 10.0. The number of benzene rings is 1. The molecule has 0 fully saturated rings. The third-order valence-corrected chi connectivity index (χ3v) is 2.08. The molecule has 1 heterocycles. The summed E-state index contributed by atoms with van der Waals surface area (Å²) in [6.45, 7) is 0.660. The van der Waals surface area contributed by atoms with Crippen molar-refractivity contribution in [2.45, 2.75) is 6.42 Å². The molecule has 0 spiro atoms. The fourth-order valence-corrected chi connectivity index (χ4v) is 1.32. The van der Waals surface area contributed by atoms with E-state index in [4.69, 9.17) is 0 Å². The van der Waals surface area contributed by atoms with Crippen molar-refractivity contribution in [3.05, 3.63) is 48.3 Å². The molecule has 0 aliphatic rings. The van der Waals surface area contributed by atoms with Crippen LogP contribution in [0.4, 0.5) is 10.3 Å². The standard InChI is InChI=1S/C11H11FN4/c12-10-14-8-15-11(16-10)13-7-6-9-4-2-1-3-5-9/h1-5,8H,6-7H2,(H,13,14,15,16). The molecular weight excluding hydrogens is 207 g/mol. The van der Waals surface area contributed by atoms with E-state index in [1.807, 2.05) is 30.3 Å². The smallest absolute Gasteiger partial charge is 0.313 e. The van der Waals surface area contributed by atoms with Gasteiger partial charge in [0.2, 0.25) is 5.95 Å². The minimum Gasteiger partial charge on any atom is -0.354 e. The highest BCUT2D eigenvalue weighted by atomic mass is 19.1. The van der Waals surface area contributed by atoms with Gasteiger partial charge in [0.05, 0.1) is 0 Å². The Kier molecular flexibility index (Phi) is 3.38. The number of halogens is 1. The normalized spacial score (nSPS) is 10.1. The van der Waals surface area contributed by atoms with Crippen LogP contribution in [0, 0.1) is 6.08 Å². The predicted molar refractivity (Wildman–Crippen MR) is 58.4 cm³/mol. The molecule has 2 aromatic rings. The molecule has 1 aromatic heterocycles. The van der Waals surface area contributed by atoms with Gasteiger partial charge in [-0.1, -0.05) is 30.3 Å². The van der Waals surface area contributed by atoms with Gasteiger partial charge in [0, 0.05) is 6.54 Å². The first-order valence-corrected chi connectivity index (χ1v) is 4.97. The fraction of sp³-hybridized carbons (Fsp3) is 0.182. The van der Waals surface area contributed by atoms with Gasteiger partial charge in [0.1, 0.15) is 6.33 Å². The van der Waals surface area contributed by atoms with Crippen molar-refractivity contribution in [2.75, 3.05) is 11.9 Å². The maximum Gasteiger partial charge on any atom is 0.313 e. The van der Waals surface area contributed by atoms with Crippen LogP contribution in [0.15, 0.2) is 36.7 Å². The molecule has 82 valence electrons. The average molecular weight is 218 g/mol. The quantitative estimate of drug-likeness (QED) is 0.848. The van der Waals surface area contributed by atoms with Crippen LogP contribution in [-0.2, 0) is 6.42 Å². The van der Waals surface area contributed by atoms with Crippen LogP contribution >= 0.6 is 0 Å². The van der Waals surface area contributed by atoms with Crippen molar-refractivity contribution in [1.29, 1.82) is 0 Å². The number of nitrogens with one attached hydrogen (secondary N) is 1. The van der Waals surface area contributed by atoms with E-state index in [2.05, 4.69) is 20.3 Å². The minimum absolute atomic E-state index is 0.267. The molecule has 1 aromatic carbocycles. The lowest BCUT2D eigenvalue weighted by atomic mass is 10.1. The number of anilines is 1. The number of nitrogens with zero attached hydrogens (tertiary/aromatic N) is 3. The van der Waals surface area contributed by atoms with Gasteiger partial charge >= 0.3 is 6.08 Å². The molecule has 0 saturated heterocycles. The number of rotatable bonds is 4. The van der Waals surface area contributed by atoms with Gasteiger partial charge in [0.15, 0.2) is 0 Å². The second kappa shape index (κ2) is 5.16. The van der Waals surface area contributed by atoms with Crippen molar-refractivity contribution < 1.29 is 4.39 Å². The Morgan fingerprint density at radius 2 is 1.94 bits per heavy atom.